The quantitative estimate of drug-likeness (QED) is 0.219. The molecule has 0 saturated carbocycles. The van der Waals surface area contributed by atoms with Crippen molar-refractivity contribution in [2.75, 3.05) is 0 Å². The summed E-state index contributed by atoms with van der Waals surface area (Å²) in [5.74, 6) is 1.69. The Balaban J connectivity index is 1.32. The maximum atomic E-state index is 6.34. The molecule has 43 heavy (non-hydrogen) atoms. The van der Waals surface area contributed by atoms with Crippen LogP contribution >= 0.6 is 0 Å². The van der Waals surface area contributed by atoms with Gasteiger partial charge >= 0.3 is 0 Å². The summed E-state index contributed by atoms with van der Waals surface area (Å²) in [5, 5.41) is 8.72. The Labute approximate surface area is 246 Å². The SMILES string of the molecule is c1ccc2cc(-c3nc(-c4ccc5ccccc5c4)nc(-c4nccc5oc6cc7ccccc7cc6c45)n3)ccc2c1. The second-order valence-electron chi connectivity index (χ2n) is 10.8. The van der Waals surface area contributed by atoms with Crippen molar-refractivity contribution < 1.29 is 4.42 Å². The standard InChI is InChI=1S/C38H22N4O/c1-3-9-25-19-29(15-13-23(25)7-1)36-40-37(30-16-14-24-8-2-4-10-26(24)20-30)42-38(41-36)35-34-31-21-27-11-5-6-12-28(27)22-33(31)43-32(34)17-18-39-35/h1-22H. The first-order valence-electron chi connectivity index (χ1n) is 14.2. The second kappa shape index (κ2) is 9.29. The molecular formula is C38H22N4O. The fraction of sp³-hybridized carbons (Fsp3) is 0. The number of aromatic nitrogens is 4. The van der Waals surface area contributed by atoms with Gasteiger partial charge in [0.1, 0.15) is 16.9 Å². The first-order chi connectivity index (χ1) is 21.3. The van der Waals surface area contributed by atoms with E-state index in [0.717, 1.165) is 54.6 Å². The van der Waals surface area contributed by atoms with Gasteiger partial charge in [-0.2, -0.15) is 0 Å². The molecule has 200 valence electrons. The van der Waals surface area contributed by atoms with Gasteiger partial charge in [0.2, 0.25) is 0 Å². The van der Waals surface area contributed by atoms with Crippen molar-refractivity contribution in [1.82, 2.24) is 19.9 Å². The molecule has 0 radical (unpaired) electrons. The Kier molecular flexibility index (Phi) is 5.13. The third kappa shape index (κ3) is 3.94. The summed E-state index contributed by atoms with van der Waals surface area (Å²) < 4.78 is 6.34. The molecule has 3 aromatic heterocycles. The van der Waals surface area contributed by atoms with E-state index in [1.165, 1.54) is 10.8 Å². The van der Waals surface area contributed by atoms with Gasteiger partial charge in [0.15, 0.2) is 17.5 Å². The van der Waals surface area contributed by atoms with E-state index in [0.29, 0.717) is 23.2 Å². The van der Waals surface area contributed by atoms with E-state index in [1.54, 1.807) is 6.20 Å². The molecule has 0 aliphatic carbocycles. The Bertz CT molecular complexity index is 2430. The van der Waals surface area contributed by atoms with Crippen molar-refractivity contribution in [1.29, 1.82) is 0 Å². The van der Waals surface area contributed by atoms with Gasteiger partial charge in [-0.05, 0) is 62.6 Å². The fourth-order valence-electron chi connectivity index (χ4n) is 5.97. The molecule has 0 N–H and O–H groups in total. The number of pyridine rings is 1. The van der Waals surface area contributed by atoms with E-state index >= 15 is 0 Å². The molecule has 0 saturated heterocycles. The van der Waals surface area contributed by atoms with Crippen LogP contribution in [-0.2, 0) is 0 Å². The highest BCUT2D eigenvalue weighted by molar-refractivity contribution is 6.14. The summed E-state index contributed by atoms with van der Waals surface area (Å²) in [6, 6.07) is 43.7. The topological polar surface area (TPSA) is 64.7 Å². The van der Waals surface area contributed by atoms with E-state index in [4.69, 9.17) is 24.4 Å². The fourth-order valence-corrected chi connectivity index (χ4v) is 5.97. The van der Waals surface area contributed by atoms with Crippen molar-refractivity contribution in [3.8, 4) is 34.3 Å². The summed E-state index contributed by atoms with van der Waals surface area (Å²) in [6.45, 7) is 0. The van der Waals surface area contributed by atoms with Crippen LogP contribution in [-0.4, -0.2) is 19.9 Å². The zero-order chi connectivity index (χ0) is 28.3. The van der Waals surface area contributed by atoms with Gasteiger partial charge in [-0.1, -0.05) is 97.1 Å². The molecule has 0 amide bonds. The summed E-state index contributed by atoms with van der Waals surface area (Å²) in [5.41, 5.74) is 4.05. The maximum Gasteiger partial charge on any atom is 0.183 e. The molecule has 0 aliphatic rings. The first-order valence-corrected chi connectivity index (χ1v) is 14.2. The van der Waals surface area contributed by atoms with Crippen molar-refractivity contribution >= 4 is 54.3 Å². The highest BCUT2D eigenvalue weighted by atomic mass is 16.3. The lowest BCUT2D eigenvalue weighted by molar-refractivity contribution is 0.669. The van der Waals surface area contributed by atoms with Crippen LogP contribution in [0.3, 0.4) is 0 Å². The predicted octanol–water partition coefficient (Wildman–Crippen LogP) is 9.63. The Morgan fingerprint density at radius 3 is 1.53 bits per heavy atom. The average Bonchev–Trinajstić information content (AvgIpc) is 3.44. The smallest absolute Gasteiger partial charge is 0.183 e. The van der Waals surface area contributed by atoms with Gasteiger partial charge in [-0.3, -0.25) is 4.98 Å². The van der Waals surface area contributed by atoms with Crippen molar-refractivity contribution in [3.05, 3.63) is 134 Å². The molecule has 0 fully saturated rings. The van der Waals surface area contributed by atoms with E-state index in [2.05, 4.69) is 84.9 Å². The van der Waals surface area contributed by atoms with Crippen LogP contribution in [0.5, 0.6) is 0 Å². The van der Waals surface area contributed by atoms with E-state index < -0.39 is 0 Å². The molecule has 0 unspecified atom stereocenters. The molecule has 9 aromatic rings. The van der Waals surface area contributed by atoms with Gasteiger partial charge < -0.3 is 4.42 Å². The van der Waals surface area contributed by atoms with E-state index in [9.17, 15) is 0 Å². The highest BCUT2D eigenvalue weighted by Crippen LogP contribution is 2.37. The lowest BCUT2D eigenvalue weighted by Crippen LogP contribution is -2.01. The van der Waals surface area contributed by atoms with Crippen LogP contribution in [0.2, 0.25) is 0 Å². The van der Waals surface area contributed by atoms with Crippen molar-refractivity contribution in [2.24, 2.45) is 0 Å². The molecule has 5 nitrogen and oxygen atoms in total. The number of nitrogens with zero attached hydrogens (tertiary/aromatic N) is 4. The number of hydrogen-bond acceptors (Lipinski definition) is 5. The molecular weight excluding hydrogens is 528 g/mol. The van der Waals surface area contributed by atoms with Gasteiger partial charge in [0.25, 0.3) is 0 Å². The average molecular weight is 551 g/mol. The summed E-state index contributed by atoms with van der Waals surface area (Å²) >= 11 is 0. The van der Waals surface area contributed by atoms with Crippen molar-refractivity contribution in [3.63, 3.8) is 0 Å². The molecule has 0 bridgehead atoms. The van der Waals surface area contributed by atoms with Crippen LogP contribution in [0.15, 0.2) is 138 Å². The minimum Gasteiger partial charge on any atom is -0.456 e. The van der Waals surface area contributed by atoms with Crippen LogP contribution in [0, 0.1) is 0 Å². The molecule has 0 spiro atoms. The predicted molar refractivity (Wildman–Crippen MR) is 174 cm³/mol. The molecule has 0 aliphatic heterocycles. The number of fused-ring (bicyclic) bond motifs is 6. The molecule has 3 heterocycles. The Morgan fingerprint density at radius 2 is 0.930 bits per heavy atom. The zero-order valence-corrected chi connectivity index (χ0v) is 22.9. The number of rotatable bonds is 3. The van der Waals surface area contributed by atoms with Gasteiger partial charge in [0.05, 0.1) is 5.39 Å². The summed E-state index contributed by atoms with van der Waals surface area (Å²) in [4.78, 5) is 19.9. The van der Waals surface area contributed by atoms with Crippen LogP contribution in [0.1, 0.15) is 0 Å². The monoisotopic (exact) mass is 550 g/mol. The van der Waals surface area contributed by atoms with E-state index in [-0.39, 0.29) is 0 Å². The van der Waals surface area contributed by atoms with Gasteiger partial charge in [0, 0.05) is 22.7 Å². The normalized spacial score (nSPS) is 11.7. The van der Waals surface area contributed by atoms with Gasteiger partial charge in [-0.25, -0.2) is 15.0 Å². The van der Waals surface area contributed by atoms with Crippen LogP contribution in [0.25, 0.3) is 88.5 Å². The summed E-state index contributed by atoms with van der Waals surface area (Å²) in [7, 11) is 0. The maximum absolute atomic E-state index is 6.34. The first kappa shape index (κ1) is 23.7. The van der Waals surface area contributed by atoms with Crippen molar-refractivity contribution in [2.45, 2.75) is 0 Å². The third-order valence-corrected chi connectivity index (χ3v) is 8.11. The second-order valence-corrected chi connectivity index (χ2v) is 10.8. The minimum absolute atomic E-state index is 0.503. The zero-order valence-electron chi connectivity index (χ0n) is 22.9. The molecule has 0 atom stereocenters. The summed E-state index contributed by atoms with van der Waals surface area (Å²) in [6.07, 6.45) is 1.76. The van der Waals surface area contributed by atoms with Gasteiger partial charge in [-0.15, -0.1) is 0 Å². The van der Waals surface area contributed by atoms with Crippen LogP contribution in [0.4, 0.5) is 0 Å². The van der Waals surface area contributed by atoms with Crippen LogP contribution < -0.4 is 0 Å². The largest absolute Gasteiger partial charge is 0.456 e. The lowest BCUT2D eigenvalue weighted by Gasteiger charge is -2.10. The molecule has 9 rings (SSSR count). The Hall–Kier alpha value is -5.94. The minimum atomic E-state index is 0.503. The molecule has 6 aromatic carbocycles. The number of hydrogen-bond donors (Lipinski definition) is 0. The number of furan rings is 1. The Morgan fingerprint density at radius 1 is 0.419 bits per heavy atom. The van der Waals surface area contributed by atoms with E-state index in [1.807, 2.05) is 42.5 Å². The third-order valence-electron chi connectivity index (χ3n) is 8.11. The highest BCUT2D eigenvalue weighted by Gasteiger charge is 2.19. The molecule has 5 heteroatoms. The lowest BCUT2D eigenvalue weighted by atomic mass is 10.0. The number of benzene rings is 6.